The van der Waals surface area contributed by atoms with Gasteiger partial charge in [0, 0.05) is 7.05 Å². The second-order valence-electron chi connectivity index (χ2n) is 6.46. The van der Waals surface area contributed by atoms with Gasteiger partial charge in [0.15, 0.2) is 0 Å². The van der Waals surface area contributed by atoms with Crippen LogP contribution < -0.4 is 9.03 Å². The number of rotatable bonds is 5. The van der Waals surface area contributed by atoms with Crippen LogP contribution >= 0.6 is 0 Å². The molecule has 26 heavy (non-hydrogen) atoms. The van der Waals surface area contributed by atoms with Crippen LogP contribution in [0.5, 0.6) is 0 Å². The van der Waals surface area contributed by atoms with E-state index < -0.39 is 20.0 Å². The van der Waals surface area contributed by atoms with E-state index in [4.69, 9.17) is 0 Å². The lowest BCUT2D eigenvalue weighted by molar-refractivity contribution is 0.596. The van der Waals surface area contributed by atoms with E-state index in [0.717, 1.165) is 16.1 Å². The fourth-order valence-electron chi connectivity index (χ4n) is 3.10. The molecule has 0 aliphatic heterocycles. The molecule has 0 amide bonds. The third kappa shape index (κ3) is 3.86. The van der Waals surface area contributed by atoms with Crippen molar-refractivity contribution in [3.05, 3.63) is 52.6 Å². The van der Waals surface area contributed by atoms with Crippen LogP contribution in [0.1, 0.15) is 22.3 Å². The summed E-state index contributed by atoms with van der Waals surface area (Å²) >= 11 is 0. The van der Waals surface area contributed by atoms with Crippen LogP contribution in [0, 0.1) is 27.7 Å². The van der Waals surface area contributed by atoms with Crippen molar-refractivity contribution in [1.29, 1.82) is 0 Å². The fourth-order valence-corrected chi connectivity index (χ4v) is 5.32. The van der Waals surface area contributed by atoms with Crippen LogP contribution in [0.3, 0.4) is 0 Å². The smallest absolute Gasteiger partial charge is 0.262 e. The van der Waals surface area contributed by atoms with Crippen molar-refractivity contribution in [2.75, 3.05) is 22.3 Å². The summed E-state index contributed by atoms with van der Waals surface area (Å²) in [5.74, 6) is 0. The molecule has 8 heteroatoms. The van der Waals surface area contributed by atoms with Gasteiger partial charge in [0.1, 0.15) is 0 Å². The van der Waals surface area contributed by atoms with Crippen molar-refractivity contribution < 1.29 is 16.8 Å². The molecule has 0 saturated heterocycles. The van der Waals surface area contributed by atoms with E-state index in [0.29, 0.717) is 28.1 Å². The molecule has 0 fully saturated rings. The van der Waals surface area contributed by atoms with Crippen LogP contribution in [0.15, 0.2) is 35.2 Å². The van der Waals surface area contributed by atoms with Gasteiger partial charge in [-0.25, -0.2) is 16.8 Å². The van der Waals surface area contributed by atoms with E-state index in [2.05, 4.69) is 4.72 Å². The molecule has 0 aromatic heterocycles. The van der Waals surface area contributed by atoms with Crippen molar-refractivity contribution in [1.82, 2.24) is 0 Å². The van der Waals surface area contributed by atoms with Gasteiger partial charge in [0.2, 0.25) is 10.0 Å². The van der Waals surface area contributed by atoms with E-state index >= 15 is 0 Å². The summed E-state index contributed by atoms with van der Waals surface area (Å²) in [5.41, 5.74) is 3.33. The third-order valence-electron chi connectivity index (χ3n) is 4.33. The lowest BCUT2D eigenvalue weighted by Gasteiger charge is -2.24. The van der Waals surface area contributed by atoms with Crippen LogP contribution in [0.2, 0.25) is 0 Å². The molecule has 2 aromatic rings. The highest BCUT2D eigenvalue weighted by atomic mass is 32.2. The summed E-state index contributed by atoms with van der Waals surface area (Å²) in [5, 5.41) is 0. The van der Waals surface area contributed by atoms with Crippen molar-refractivity contribution in [2.24, 2.45) is 0 Å². The van der Waals surface area contributed by atoms with Crippen molar-refractivity contribution in [2.45, 2.75) is 32.6 Å². The average molecular weight is 397 g/mol. The molecule has 2 rings (SSSR count). The standard InChI is InChI=1S/C18H24N2O4S2/c1-12-9-7-8-10-16(12)19-26(23,24)18-14(3)11-13(2)17(15(18)4)20(5)25(6,21)22/h7-11,19H,1-6H3. The summed E-state index contributed by atoms with van der Waals surface area (Å²) in [6.45, 7) is 6.91. The van der Waals surface area contributed by atoms with Crippen LogP contribution in [0.25, 0.3) is 0 Å². The minimum absolute atomic E-state index is 0.0943. The van der Waals surface area contributed by atoms with Gasteiger partial charge in [0.05, 0.1) is 22.5 Å². The Kier molecular flexibility index (Phi) is 5.39. The number of para-hydroxylation sites is 1. The number of anilines is 2. The normalized spacial score (nSPS) is 12.1. The lowest BCUT2D eigenvalue weighted by Crippen LogP contribution is -2.27. The number of nitrogens with one attached hydrogen (secondary N) is 1. The highest BCUT2D eigenvalue weighted by Gasteiger charge is 2.26. The first-order valence-electron chi connectivity index (χ1n) is 7.99. The molecule has 0 saturated carbocycles. The van der Waals surface area contributed by atoms with Gasteiger partial charge in [-0.15, -0.1) is 0 Å². The minimum atomic E-state index is -3.89. The molecule has 6 nitrogen and oxygen atoms in total. The second-order valence-corrected chi connectivity index (χ2v) is 10.1. The Balaban J connectivity index is 2.68. The SMILES string of the molecule is Cc1ccccc1NS(=O)(=O)c1c(C)cc(C)c(N(C)S(C)(=O)=O)c1C. The number of sulfonamides is 2. The molecule has 0 heterocycles. The number of nitrogens with zero attached hydrogens (tertiary/aromatic N) is 1. The van der Waals surface area contributed by atoms with Crippen LogP contribution in [-0.4, -0.2) is 30.1 Å². The maximum Gasteiger partial charge on any atom is 0.262 e. The molecule has 142 valence electrons. The van der Waals surface area contributed by atoms with Gasteiger partial charge < -0.3 is 0 Å². The van der Waals surface area contributed by atoms with Gasteiger partial charge in [-0.3, -0.25) is 9.03 Å². The Morgan fingerprint density at radius 1 is 0.885 bits per heavy atom. The summed E-state index contributed by atoms with van der Waals surface area (Å²) < 4.78 is 53.8. The Morgan fingerprint density at radius 2 is 1.46 bits per heavy atom. The molecule has 0 unspecified atom stereocenters. The molecule has 0 radical (unpaired) electrons. The Hall–Kier alpha value is -2.06. The molecule has 0 aliphatic carbocycles. The van der Waals surface area contributed by atoms with E-state index in [-0.39, 0.29) is 4.90 Å². The highest BCUT2D eigenvalue weighted by Crippen LogP contribution is 2.34. The predicted octanol–water partition coefficient (Wildman–Crippen LogP) is 3.12. The zero-order valence-electron chi connectivity index (χ0n) is 15.8. The molecule has 2 aromatic carbocycles. The number of hydrogen-bond acceptors (Lipinski definition) is 4. The summed E-state index contributed by atoms with van der Waals surface area (Å²) in [6, 6.07) is 8.78. The predicted molar refractivity (Wildman–Crippen MR) is 106 cm³/mol. The maximum absolute atomic E-state index is 13.1. The van der Waals surface area contributed by atoms with Gasteiger partial charge in [-0.1, -0.05) is 24.3 Å². The fraction of sp³-hybridized carbons (Fsp3) is 0.333. The largest absolute Gasteiger partial charge is 0.279 e. The zero-order chi connectivity index (χ0) is 19.9. The van der Waals surface area contributed by atoms with E-state index in [1.54, 1.807) is 39.0 Å². The van der Waals surface area contributed by atoms with Gasteiger partial charge in [-0.2, -0.15) is 0 Å². The molecule has 0 bridgehead atoms. The first-order chi connectivity index (χ1) is 11.9. The number of benzene rings is 2. The van der Waals surface area contributed by atoms with Gasteiger partial charge >= 0.3 is 0 Å². The minimum Gasteiger partial charge on any atom is -0.279 e. The van der Waals surface area contributed by atoms with E-state index in [1.807, 2.05) is 19.1 Å². The van der Waals surface area contributed by atoms with Crippen molar-refractivity contribution in [3.8, 4) is 0 Å². The molecular weight excluding hydrogens is 372 g/mol. The highest BCUT2D eigenvalue weighted by molar-refractivity contribution is 7.93. The molecular formula is C18H24N2O4S2. The molecule has 0 aliphatic rings. The van der Waals surface area contributed by atoms with Crippen LogP contribution in [-0.2, 0) is 20.0 Å². The van der Waals surface area contributed by atoms with Crippen LogP contribution in [0.4, 0.5) is 11.4 Å². The third-order valence-corrected chi connectivity index (χ3v) is 7.16. The topological polar surface area (TPSA) is 83.6 Å². The second kappa shape index (κ2) is 6.92. The summed E-state index contributed by atoms with van der Waals surface area (Å²) in [6.07, 6.45) is 1.09. The van der Waals surface area contributed by atoms with Gasteiger partial charge in [0.25, 0.3) is 10.0 Å². The zero-order valence-corrected chi connectivity index (χ0v) is 17.4. The first-order valence-corrected chi connectivity index (χ1v) is 11.3. The monoisotopic (exact) mass is 396 g/mol. The lowest BCUT2D eigenvalue weighted by atomic mass is 10.1. The first kappa shape index (κ1) is 20.3. The Labute approximate surface area is 156 Å². The number of hydrogen-bond donors (Lipinski definition) is 1. The van der Waals surface area contributed by atoms with E-state index in [1.165, 1.54) is 7.05 Å². The van der Waals surface area contributed by atoms with Crippen molar-refractivity contribution in [3.63, 3.8) is 0 Å². The van der Waals surface area contributed by atoms with E-state index in [9.17, 15) is 16.8 Å². The molecule has 1 N–H and O–H groups in total. The molecule has 0 spiro atoms. The number of aryl methyl sites for hydroxylation is 3. The summed E-state index contributed by atoms with van der Waals surface area (Å²) in [7, 11) is -5.99. The maximum atomic E-state index is 13.1. The Bertz CT molecular complexity index is 1060. The summed E-state index contributed by atoms with van der Waals surface area (Å²) in [4.78, 5) is 0.0943. The molecule has 0 atom stereocenters. The van der Waals surface area contributed by atoms with Crippen molar-refractivity contribution >= 4 is 31.4 Å². The quantitative estimate of drug-likeness (QED) is 0.842. The average Bonchev–Trinajstić information content (AvgIpc) is 2.47. The Morgan fingerprint density at radius 3 is 2.00 bits per heavy atom. The van der Waals surface area contributed by atoms with Gasteiger partial charge in [-0.05, 0) is 56.0 Å².